The number of aromatic nitrogens is 3. The largest absolute Gasteiger partial charge is 0.362 e. The molecule has 172 valence electrons. The van der Waals surface area contributed by atoms with Crippen LogP contribution in [0.4, 0.5) is 11.4 Å². The van der Waals surface area contributed by atoms with E-state index in [1.807, 2.05) is 40.3 Å². The number of nitro benzene ring substituents is 1. The Labute approximate surface area is 191 Å². The quantitative estimate of drug-likeness (QED) is 0.435. The van der Waals surface area contributed by atoms with Gasteiger partial charge in [-0.25, -0.2) is 0 Å². The van der Waals surface area contributed by atoms with Crippen LogP contribution in [-0.4, -0.2) is 81.0 Å². The second kappa shape index (κ2) is 9.14. The number of rotatable bonds is 5. The predicted octanol–water partition coefficient (Wildman–Crippen LogP) is 2.17. The van der Waals surface area contributed by atoms with Gasteiger partial charge in [-0.1, -0.05) is 18.2 Å². The Bertz CT molecular complexity index is 1150. The molecule has 2 aliphatic rings. The molecular weight excluding hydrogens is 422 g/mol. The van der Waals surface area contributed by atoms with Crippen molar-refractivity contribution in [2.24, 2.45) is 0 Å². The van der Waals surface area contributed by atoms with Crippen molar-refractivity contribution in [1.82, 2.24) is 24.4 Å². The van der Waals surface area contributed by atoms with Crippen LogP contribution in [0, 0.1) is 10.1 Å². The lowest BCUT2D eigenvalue weighted by Crippen LogP contribution is -2.52. The lowest BCUT2D eigenvalue weighted by Gasteiger charge is -2.37. The first-order chi connectivity index (χ1) is 16.1. The second-order valence-corrected chi connectivity index (χ2v) is 8.65. The SMILES string of the molecule is O=C(CN1CCC(c2nnc3ccccn23)CC1)N1CCN(c2ccccc2[N+](=O)[O-])CC1. The summed E-state index contributed by atoms with van der Waals surface area (Å²) in [5.41, 5.74) is 1.60. The van der Waals surface area contributed by atoms with E-state index in [1.165, 1.54) is 6.07 Å². The van der Waals surface area contributed by atoms with Gasteiger partial charge in [0.2, 0.25) is 5.91 Å². The molecule has 2 aliphatic heterocycles. The van der Waals surface area contributed by atoms with E-state index >= 15 is 0 Å². The summed E-state index contributed by atoms with van der Waals surface area (Å²) < 4.78 is 2.06. The zero-order chi connectivity index (χ0) is 22.8. The van der Waals surface area contributed by atoms with Crippen molar-refractivity contribution >= 4 is 22.9 Å². The summed E-state index contributed by atoms with van der Waals surface area (Å²) in [6, 6.07) is 12.7. The summed E-state index contributed by atoms with van der Waals surface area (Å²) in [7, 11) is 0. The molecule has 33 heavy (non-hydrogen) atoms. The number of nitrogens with zero attached hydrogens (tertiary/aromatic N) is 7. The maximum atomic E-state index is 12.9. The molecule has 3 aromatic rings. The lowest BCUT2D eigenvalue weighted by molar-refractivity contribution is -0.384. The van der Waals surface area contributed by atoms with Gasteiger partial charge in [-0.05, 0) is 44.1 Å². The number of pyridine rings is 1. The zero-order valence-electron chi connectivity index (χ0n) is 18.4. The molecule has 0 spiro atoms. The van der Waals surface area contributed by atoms with Crippen molar-refractivity contribution in [2.75, 3.05) is 50.7 Å². The number of hydrogen-bond donors (Lipinski definition) is 0. The number of carbonyl (C=O) groups is 1. The van der Waals surface area contributed by atoms with E-state index in [0.717, 1.165) is 37.4 Å². The van der Waals surface area contributed by atoms with E-state index in [2.05, 4.69) is 19.5 Å². The van der Waals surface area contributed by atoms with Crippen molar-refractivity contribution in [1.29, 1.82) is 0 Å². The number of para-hydroxylation sites is 2. The fourth-order valence-corrected chi connectivity index (χ4v) is 4.86. The highest BCUT2D eigenvalue weighted by Gasteiger charge is 2.29. The molecule has 0 atom stereocenters. The summed E-state index contributed by atoms with van der Waals surface area (Å²) in [4.78, 5) is 30.0. The number of carbonyl (C=O) groups excluding carboxylic acids is 1. The molecule has 0 radical (unpaired) electrons. The van der Waals surface area contributed by atoms with Crippen molar-refractivity contribution in [3.05, 3.63) is 64.6 Å². The normalized spacial score (nSPS) is 18.1. The third kappa shape index (κ3) is 4.38. The average molecular weight is 450 g/mol. The summed E-state index contributed by atoms with van der Waals surface area (Å²) in [5.74, 6) is 1.48. The maximum Gasteiger partial charge on any atom is 0.292 e. The number of amides is 1. The number of hydrogen-bond acceptors (Lipinski definition) is 7. The highest BCUT2D eigenvalue weighted by molar-refractivity contribution is 5.78. The van der Waals surface area contributed by atoms with E-state index < -0.39 is 0 Å². The smallest absolute Gasteiger partial charge is 0.292 e. The molecule has 0 aliphatic carbocycles. The third-order valence-electron chi connectivity index (χ3n) is 6.70. The average Bonchev–Trinajstić information content (AvgIpc) is 3.29. The van der Waals surface area contributed by atoms with Gasteiger partial charge in [0.1, 0.15) is 11.5 Å². The third-order valence-corrected chi connectivity index (χ3v) is 6.70. The van der Waals surface area contributed by atoms with Crippen LogP contribution < -0.4 is 4.90 Å². The molecule has 0 N–H and O–H groups in total. The fourth-order valence-electron chi connectivity index (χ4n) is 4.86. The first-order valence-corrected chi connectivity index (χ1v) is 11.4. The Morgan fingerprint density at radius 2 is 1.70 bits per heavy atom. The fraction of sp³-hybridized carbons (Fsp3) is 0.435. The molecule has 0 bridgehead atoms. The Morgan fingerprint density at radius 3 is 2.45 bits per heavy atom. The minimum atomic E-state index is -0.348. The molecule has 1 amide bonds. The number of fused-ring (bicyclic) bond motifs is 1. The number of anilines is 1. The molecule has 2 saturated heterocycles. The van der Waals surface area contributed by atoms with Crippen LogP contribution in [-0.2, 0) is 4.79 Å². The van der Waals surface area contributed by atoms with Crippen molar-refractivity contribution in [2.45, 2.75) is 18.8 Å². The molecule has 4 heterocycles. The number of benzene rings is 1. The van der Waals surface area contributed by atoms with Crippen molar-refractivity contribution in [3.8, 4) is 0 Å². The highest BCUT2D eigenvalue weighted by atomic mass is 16.6. The van der Waals surface area contributed by atoms with Crippen molar-refractivity contribution < 1.29 is 9.72 Å². The van der Waals surface area contributed by atoms with Crippen LogP contribution in [0.2, 0.25) is 0 Å². The molecule has 10 heteroatoms. The molecule has 0 saturated carbocycles. The number of likely N-dealkylation sites (tertiary alicyclic amines) is 1. The molecule has 0 unspecified atom stereocenters. The topological polar surface area (TPSA) is 100 Å². The standard InChI is InChI=1S/C23H27N7O3/c31-22(28-15-13-27(14-16-28)19-5-1-2-6-20(19)30(32)33)17-26-11-8-18(9-12-26)23-25-24-21-7-3-4-10-29(21)23/h1-7,10,18H,8-9,11-17H2. The summed E-state index contributed by atoms with van der Waals surface area (Å²) in [6.45, 7) is 4.47. The molecule has 5 rings (SSSR count). The van der Waals surface area contributed by atoms with Gasteiger partial charge in [0.25, 0.3) is 5.69 Å². The first kappa shape index (κ1) is 21.3. The summed E-state index contributed by atoms with van der Waals surface area (Å²) >= 11 is 0. The van der Waals surface area contributed by atoms with Gasteiger partial charge in [-0.2, -0.15) is 0 Å². The summed E-state index contributed by atoms with van der Waals surface area (Å²) in [5, 5.41) is 20.0. The van der Waals surface area contributed by atoms with Crippen LogP contribution in [0.5, 0.6) is 0 Å². The molecular formula is C23H27N7O3. The number of piperazine rings is 1. The Hall–Kier alpha value is -3.53. The van der Waals surface area contributed by atoms with Crippen molar-refractivity contribution in [3.63, 3.8) is 0 Å². The van der Waals surface area contributed by atoms with Gasteiger partial charge in [0.05, 0.1) is 11.5 Å². The van der Waals surface area contributed by atoms with Crippen LogP contribution in [0.15, 0.2) is 48.7 Å². The van der Waals surface area contributed by atoms with Gasteiger partial charge in [0, 0.05) is 44.4 Å². The maximum absolute atomic E-state index is 12.9. The van der Waals surface area contributed by atoms with E-state index in [1.54, 1.807) is 12.1 Å². The van der Waals surface area contributed by atoms with Gasteiger partial charge in [0.15, 0.2) is 5.65 Å². The number of nitro groups is 1. The molecule has 10 nitrogen and oxygen atoms in total. The van der Waals surface area contributed by atoms with E-state index in [-0.39, 0.29) is 16.5 Å². The van der Waals surface area contributed by atoms with Crippen LogP contribution in [0.1, 0.15) is 24.6 Å². The van der Waals surface area contributed by atoms with Crippen LogP contribution in [0.3, 0.4) is 0 Å². The Morgan fingerprint density at radius 1 is 0.970 bits per heavy atom. The first-order valence-electron chi connectivity index (χ1n) is 11.4. The lowest BCUT2D eigenvalue weighted by atomic mass is 9.96. The Balaban J connectivity index is 1.12. The molecule has 1 aromatic carbocycles. The minimum Gasteiger partial charge on any atom is -0.362 e. The van der Waals surface area contributed by atoms with E-state index in [4.69, 9.17) is 0 Å². The summed E-state index contributed by atoms with van der Waals surface area (Å²) in [6.07, 6.45) is 3.91. The van der Waals surface area contributed by atoms with Gasteiger partial charge >= 0.3 is 0 Å². The zero-order valence-corrected chi connectivity index (χ0v) is 18.4. The second-order valence-electron chi connectivity index (χ2n) is 8.65. The predicted molar refractivity (Wildman–Crippen MR) is 123 cm³/mol. The van der Waals surface area contributed by atoms with Gasteiger partial charge in [-0.15, -0.1) is 10.2 Å². The monoisotopic (exact) mass is 449 g/mol. The van der Waals surface area contributed by atoms with E-state index in [9.17, 15) is 14.9 Å². The molecule has 2 fully saturated rings. The minimum absolute atomic E-state index is 0.112. The Kier molecular flexibility index (Phi) is 5.91. The highest BCUT2D eigenvalue weighted by Crippen LogP contribution is 2.29. The molecule has 2 aromatic heterocycles. The van der Waals surface area contributed by atoms with Crippen LogP contribution >= 0.6 is 0 Å². The number of piperidine rings is 1. The van der Waals surface area contributed by atoms with Gasteiger partial charge in [-0.3, -0.25) is 24.2 Å². The van der Waals surface area contributed by atoms with E-state index in [0.29, 0.717) is 44.3 Å². The van der Waals surface area contributed by atoms with Gasteiger partial charge < -0.3 is 9.80 Å². The van der Waals surface area contributed by atoms with Crippen LogP contribution in [0.25, 0.3) is 5.65 Å².